The first-order chi connectivity index (χ1) is 7.91. The number of nitrogens with zero attached hydrogens (tertiary/aromatic N) is 1. The number of carbonyl (C=O) groups is 1. The summed E-state index contributed by atoms with van der Waals surface area (Å²) in [6.07, 6.45) is 0. The van der Waals surface area contributed by atoms with Gasteiger partial charge in [0.15, 0.2) is 0 Å². The second-order valence-electron chi connectivity index (χ2n) is 3.79. The Morgan fingerprint density at radius 2 is 2.29 bits per heavy atom. The van der Waals surface area contributed by atoms with Crippen molar-refractivity contribution in [3.05, 3.63) is 47.3 Å². The summed E-state index contributed by atoms with van der Waals surface area (Å²) in [4.78, 5) is 13.0. The number of hydrogen-bond donors (Lipinski definition) is 1. The number of nitrogens with two attached hydrogens (primary N) is 1. The molecule has 0 saturated heterocycles. The minimum atomic E-state index is -0.721. The SMILES string of the molecule is C=C(Cl)CN(C)[C@H](C(N)=O)c1cccc(F)c1. The Kier molecular flexibility index (Phi) is 4.66. The van der Waals surface area contributed by atoms with Gasteiger partial charge in [0.05, 0.1) is 0 Å². The van der Waals surface area contributed by atoms with Gasteiger partial charge in [-0.3, -0.25) is 9.69 Å². The lowest BCUT2D eigenvalue weighted by atomic mass is 10.1. The Hall–Kier alpha value is -1.39. The van der Waals surface area contributed by atoms with E-state index in [1.165, 1.54) is 18.2 Å². The predicted molar refractivity (Wildman–Crippen MR) is 66.0 cm³/mol. The van der Waals surface area contributed by atoms with Gasteiger partial charge in [-0.25, -0.2) is 4.39 Å². The van der Waals surface area contributed by atoms with Crippen LogP contribution in [0.3, 0.4) is 0 Å². The summed E-state index contributed by atoms with van der Waals surface area (Å²) in [7, 11) is 1.67. The topological polar surface area (TPSA) is 46.3 Å². The quantitative estimate of drug-likeness (QED) is 0.876. The Morgan fingerprint density at radius 1 is 1.65 bits per heavy atom. The maximum Gasteiger partial charge on any atom is 0.239 e. The second kappa shape index (κ2) is 5.80. The first-order valence-corrected chi connectivity index (χ1v) is 5.38. The Bertz CT molecular complexity index is 436. The van der Waals surface area contributed by atoms with Crippen molar-refractivity contribution in [1.82, 2.24) is 4.90 Å². The molecule has 0 aliphatic carbocycles. The van der Waals surface area contributed by atoms with Crippen LogP contribution in [0, 0.1) is 5.82 Å². The van der Waals surface area contributed by atoms with Crippen LogP contribution in [0.15, 0.2) is 35.9 Å². The highest BCUT2D eigenvalue weighted by Gasteiger charge is 2.23. The molecule has 1 amide bonds. The number of benzene rings is 1. The van der Waals surface area contributed by atoms with Crippen molar-refractivity contribution in [3.63, 3.8) is 0 Å². The van der Waals surface area contributed by atoms with E-state index in [2.05, 4.69) is 6.58 Å². The molecule has 0 bridgehead atoms. The molecule has 0 aliphatic rings. The van der Waals surface area contributed by atoms with Crippen LogP contribution < -0.4 is 5.73 Å². The molecule has 3 nitrogen and oxygen atoms in total. The van der Waals surface area contributed by atoms with Crippen LogP contribution in [0.4, 0.5) is 4.39 Å². The van der Waals surface area contributed by atoms with Gasteiger partial charge in [0.25, 0.3) is 0 Å². The van der Waals surface area contributed by atoms with Gasteiger partial charge in [-0.2, -0.15) is 0 Å². The molecular formula is C12H14ClFN2O. The predicted octanol–water partition coefficient (Wildman–Crippen LogP) is 2.04. The van der Waals surface area contributed by atoms with Gasteiger partial charge < -0.3 is 5.73 Å². The highest BCUT2D eigenvalue weighted by molar-refractivity contribution is 6.29. The molecule has 0 saturated carbocycles. The molecule has 1 aromatic carbocycles. The first-order valence-electron chi connectivity index (χ1n) is 5.00. The van der Waals surface area contributed by atoms with Crippen molar-refractivity contribution >= 4 is 17.5 Å². The van der Waals surface area contributed by atoms with Crippen LogP contribution in [0.5, 0.6) is 0 Å². The molecule has 0 spiro atoms. The van der Waals surface area contributed by atoms with E-state index in [1.54, 1.807) is 18.0 Å². The number of carbonyl (C=O) groups excluding carboxylic acids is 1. The fourth-order valence-corrected chi connectivity index (χ4v) is 1.86. The Balaban J connectivity index is 3.01. The largest absolute Gasteiger partial charge is 0.368 e. The van der Waals surface area contributed by atoms with Crippen molar-refractivity contribution in [1.29, 1.82) is 0 Å². The van der Waals surface area contributed by atoms with Crippen molar-refractivity contribution in [2.24, 2.45) is 5.73 Å². The highest BCUT2D eigenvalue weighted by Crippen LogP contribution is 2.21. The number of primary amides is 1. The minimum absolute atomic E-state index is 0.297. The van der Waals surface area contributed by atoms with E-state index < -0.39 is 17.8 Å². The standard InChI is InChI=1S/C12H14ClFN2O/c1-8(13)7-16(2)11(12(15)17)9-4-3-5-10(14)6-9/h3-6,11H,1,7H2,2H3,(H2,15,17)/t11-/m0/s1. The van der Waals surface area contributed by atoms with Gasteiger partial charge in [0.1, 0.15) is 11.9 Å². The molecule has 1 rings (SSSR count). The zero-order chi connectivity index (χ0) is 13.0. The zero-order valence-corrected chi connectivity index (χ0v) is 10.2. The third kappa shape index (κ3) is 3.84. The van der Waals surface area contributed by atoms with Crippen LogP contribution in [-0.2, 0) is 4.79 Å². The van der Waals surface area contributed by atoms with E-state index in [0.717, 1.165) is 0 Å². The zero-order valence-electron chi connectivity index (χ0n) is 9.49. The normalized spacial score (nSPS) is 12.5. The molecule has 2 N–H and O–H groups in total. The summed E-state index contributed by atoms with van der Waals surface area (Å²) in [6.45, 7) is 3.84. The monoisotopic (exact) mass is 256 g/mol. The summed E-state index contributed by atoms with van der Waals surface area (Å²) in [5.41, 5.74) is 5.82. The molecule has 0 heterocycles. The Morgan fingerprint density at radius 3 is 2.76 bits per heavy atom. The fraction of sp³-hybridized carbons (Fsp3) is 0.250. The molecule has 1 atom stereocenters. The summed E-state index contributed by atoms with van der Waals surface area (Å²) in [5.74, 6) is -0.970. The fourth-order valence-electron chi connectivity index (χ4n) is 1.67. The van der Waals surface area contributed by atoms with Crippen LogP contribution >= 0.6 is 11.6 Å². The number of halogens is 2. The molecule has 0 radical (unpaired) electrons. The van der Waals surface area contributed by atoms with Gasteiger partial charge >= 0.3 is 0 Å². The maximum absolute atomic E-state index is 13.1. The van der Waals surface area contributed by atoms with Crippen LogP contribution in [-0.4, -0.2) is 24.4 Å². The lowest BCUT2D eigenvalue weighted by Crippen LogP contribution is -2.36. The van der Waals surface area contributed by atoms with Gasteiger partial charge in [-0.05, 0) is 24.7 Å². The van der Waals surface area contributed by atoms with E-state index >= 15 is 0 Å². The van der Waals surface area contributed by atoms with E-state index in [0.29, 0.717) is 17.1 Å². The van der Waals surface area contributed by atoms with Crippen LogP contribution in [0.1, 0.15) is 11.6 Å². The molecule has 0 aromatic heterocycles. The summed E-state index contributed by atoms with van der Waals surface area (Å²) in [5, 5.41) is 0.384. The van der Waals surface area contributed by atoms with E-state index in [-0.39, 0.29) is 0 Å². The number of hydrogen-bond acceptors (Lipinski definition) is 2. The van der Waals surface area contributed by atoms with Gasteiger partial charge in [0, 0.05) is 11.6 Å². The van der Waals surface area contributed by atoms with Crippen molar-refractivity contribution in [3.8, 4) is 0 Å². The molecule has 0 aliphatic heterocycles. The van der Waals surface area contributed by atoms with Crippen LogP contribution in [0.2, 0.25) is 0 Å². The van der Waals surface area contributed by atoms with E-state index in [9.17, 15) is 9.18 Å². The van der Waals surface area contributed by atoms with Crippen molar-refractivity contribution in [2.45, 2.75) is 6.04 Å². The van der Waals surface area contributed by atoms with Gasteiger partial charge in [0.2, 0.25) is 5.91 Å². The lowest BCUT2D eigenvalue weighted by Gasteiger charge is -2.25. The molecule has 92 valence electrons. The summed E-state index contributed by atoms with van der Waals surface area (Å²) in [6, 6.07) is 5.04. The van der Waals surface area contributed by atoms with Crippen molar-refractivity contribution < 1.29 is 9.18 Å². The average molecular weight is 257 g/mol. The molecule has 0 unspecified atom stereocenters. The third-order valence-corrected chi connectivity index (χ3v) is 2.42. The first kappa shape index (κ1) is 13.7. The molecule has 1 aromatic rings. The molecule has 17 heavy (non-hydrogen) atoms. The molecule has 0 fully saturated rings. The lowest BCUT2D eigenvalue weighted by molar-refractivity contribution is -0.122. The number of amides is 1. The smallest absolute Gasteiger partial charge is 0.239 e. The summed E-state index contributed by atoms with van der Waals surface area (Å²) >= 11 is 5.68. The number of likely N-dealkylation sites (N-methyl/N-ethyl adjacent to an activating group) is 1. The summed E-state index contributed by atoms with van der Waals surface area (Å²) < 4.78 is 13.1. The maximum atomic E-state index is 13.1. The van der Waals surface area contributed by atoms with Gasteiger partial charge in [-0.1, -0.05) is 30.3 Å². The van der Waals surface area contributed by atoms with E-state index in [1.807, 2.05) is 0 Å². The van der Waals surface area contributed by atoms with Crippen LogP contribution in [0.25, 0.3) is 0 Å². The highest BCUT2D eigenvalue weighted by atomic mass is 35.5. The second-order valence-corrected chi connectivity index (χ2v) is 4.33. The number of rotatable bonds is 5. The molecule has 5 heteroatoms. The minimum Gasteiger partial charge on any atom is -0.368 e. The van der Waals surface area contributed by atoms with E-state index in [4.69, 9.17) is 17.3 Å². The third-order valence-electron chi connectivity index (χ3n) is 2.30. The van der Waals surface area contributed by atoms with Crippen molar-refractivity contribution in [2.75, 3.05) is 13.6 Å². The molecular weight excluding hydrogens is 243 g/mol. The average Bonchev–Trinajstić information content (AvgIpc) is 2.15. The van der Waals surface area contributed by atoms with Gasteiger partial charge in [-0.15, -0.1) is 0 Å². The Labute approximate surface area is 105 Å².